The summed E-state index contributed by atoms with van der Waals surface area (Å²) in [5.74, 6) is 0. The van der Waals surface area contributed by atoms with Crippen LogP contribution in [0.15, 0.2) is 18.3 Å². The van der Waals surface area contributed by atoms with Crippen molar-refractivity contribution >= 4 is 23.4 Å². The lowest BCUT2D eigenvalue weighted by atomic mass is 10.3. The van der Waals surface area contributed by atoms with E-state index in [0.717, 1.165) is 22.5 Å². The molecule has 2 rings (SSSR count). The summed E-state index contributed by atoms with van der Waals surface area (Å²) in [6.45, 7) is 3.09. The number of pyridine rings is 1. The monoisotopic (exact) mass is 236 g/mol. The van der Waals surface area contributed by atoms with Crippen LogP contribution in [0, 0.1) is 4.77 Å². The van der Waals surface area contributed by atoms with Crippen LogP contribution in [-0.4, -0.2) is 40.1 Å². The number of fused-ring (bicyclic) bond motifs is 1. The van der Waals surface area contributed by atoms with E-state index in [4.69, 9.17) is 12.2 Å². The molecule has 0 spiro atoms. The summed E-state index contributed by atoms with van der Waals surface area (Å²) < 4.78 is 2.81. The molecular formula is C11H16N4S. The first-order chi connectivity index (χ1) is 7.59. The maximum Gasteiger partial charge on any atom is 0.179 e. The highest BCUT2D eigenvalue weighted by Crippen LogP contribution is 2.16. The molecule has 0 aliphatic carbocycles. The van der Waals surface area contributed by atoms with E-state index in [0.29, 0.717) is 6.04 Å². The quantitative estimate of drug-likeness (QED) is 0.830. The maximum atomic E-state index is 5.33. The lowest BCUT2D eigenvalue weighted by Gasteiger charge is -2.18. The van der Waals surface area contributed by atoms with Gasteiger partial charge in [0, 0.05) is 18.8 Å². The van der Waals surface area contributed by atoms with Gasteiger partial charge in [-0.25, -0.2) is 4.98 Å². The lowest BCUT2D eigenvalue weighted by Crippen LogP contribution is -2.22. The highest BCUT2D eigenvalue weighted by atomic mass is 32.1. The smallest absolute Gasteiger partial charge is 0.179 e. The summed E-state index contributed by atoms with van der Waals surface area (Å²) in [6.07, 6.45) is 1.80. The zero-order chi connectivity index (χ0) is 11.7. The third-order valence-electron chi connectivity index (χ3n) is 2.55. The fourth-order valence-electron chi connectivity index (χ4n) is 1.98. The lowest BCUT2D eigenvalue weighted by molar-refractivity contribution is 0.338. The highest BCUT2D eigenvalue weighted by Gasteiger charge is 2.12. The van der Waals surface area contributed by atoms with Crippen molar-refractivity contribution < 1.29 is 0 Å². The predicted octanol–water partition coefficient (Wildman–Crippen LogP) is 2.22. The van der Waals surface area contributed by atoms with Crippen LogP contribution in [0.4, 0.5) is 0 Å². The van der Waals surface area contributed by atoms with E-state index in [-0.39, 0.29) is 0 Å². The van der Waals surface area contributed by atoms with Crippen molar-refractivity contribution in [3.63, 3.8) is 0 Å². The van der Waals surface area contributed by atoms with E-state index in [1.807, 2.05) is 12.1 Å². The van der Waals surface area contributed by atoms with Crippen molar-refractivity contribution in [2.75, 3.05) is 20.6 Å². The fraction of sp³-hybridized carbons (Fsp3) is 0.455. The topological polar surface area (TPSA) is 36.9 Å². The molecule has 0 bridgehead atoms. The molecule has 86 valence electrons. The Morgan fingerprint density at radius 3 is 3.00 bits per heavy atom. The minimum Gasteiger partial charge on any atom is -0.329 e. The van der Waals surface area contributed by atoms with E-state index >= 15 is 0 Å². The zero-order valence-corrected chi connectivity index (χ0v) is 10.6. The Balaban J connectivity index is 2.51. The van der Waals surface area contributed by atoms with Gasteiger partial charge in [-0.1, -0.05) is 0 Å². The van der Waals surface area contributed by atoms with Gasteiger partial charge in [-0.15, -0.1) is 0 Å². The molecule has 0 aliphatic rings. The Bertz CT molecular complexity index is 540. The summed E-state index contributed by atoms with van der Waals surface area (Å²) in [4.78, 5) is 9.70. The van der Waals surface area contributed by atoms with Crippen LogP contribution in [0.5, 0.6) is 0 Å². The van der Waals surface area contributed by atoms with Gasteiger partial charge >= 0.3 is 0 Å². The first-order valence-electron chi connectivity index (χ1n) is 5.29. The number of hydrogen-bond donors (Lipinski definition) is 1. The number of nitrogens with zero attached hydrogens (tertiary/aromatic N) is 3. The fourth-order valence-corrected chi connectivity index (χ4v) is 2.35. The molecule has 0 fully saturated rings. The summed E-state index contributed by atoms with van der Waals surface area (Å²) >= 11 is 5.33. The normalized spacial score (nSPS) is 13.5. The van der Waals surface area contributed by atoms with Crippen LogP contribution in [0.2, 0.25) is 0 Å². The molecule has 0 aliphatic heterocycles. The third-order valence-corrected chi connectivity index (χ3v) is 2.84. The molecule has 2 aromatic heterocycles. The van der Waals surface area contributed by atoms with E-state index in [1.165, 1.54) is 0 Å². The van der Waals surface area contributed by atoms with Gasteiger partial charge in [0.15, 0.2) is 10.4 Å². The Hall–Kier alpha value is -1.20. The van der Waals surface area contributed by atoms with Crippen molar-refractivity contribution in [2.45, 2.75) is 13.0 Å². The van der Waals surface area contributed by atoms with Crippen LogP contribution < -0.4 is 0 Å². The standard InChI is InChI=1S/C11H16N4S/c1-8(7-14(2)3)15-10-9(13-11(15)16)5-4-6-12-10/h4-6,8H,7H2,1-3H3,(H,13,16). The van der Waals surface area contributed by atoms with Gasteiger partial charge in [0.2, 0.25) is 0 Å². The van der Waals surface area contributed by atoms with Crippen LogP contribution in [-0.2, 0) is 0 Å². The second-order valence-electron chi connectivity index (χ2n) is 4.29. The van der Waals surface area contributed by atoms with Gasteiger partial charge in [-0.2, -0.15) is 0 Å². The van der Waals surface area contributed by atoms with E-state index < -0.39 is 0 Å². The number of aromatic amines is 1. The molecule has 0 amide bonds. The second kappa shape index (κ2) is 4.35. The molecule has 1 N–H and O–H groups in total. The molecule has 5 heteroatoms. The highest BCUT2D eigenvalue weighted by molar-refractivity contribution is 7.71. The van der Waals surface area contributed by atoms with Crippen LogP contribution >= 0.6 is 12.2 Å². The molecule has 0 saturated heterocycles. The number of rotatable bonds is 3. The minimum atomic E-state index is 0.311. The van der Waals surface area contributed by atoms with Gasteiger partial charge in [-0.05, 0) is 45.4 Å². The van der Waals surface area contributed by atoms with Gasteiger partial charge in [0.1, 0.15) is 0 Å². The Kier molecular flexibility index (Phi) is 3.07. The van der Waals surface area contributed by atoms with Crippen molar-refractivity contribution in [3.05, 3.63) is 23.1 Å². The Morgan fingerprint density at radius 1 is 1.56 bits per heavy atom. The summed E-state index contributed by atoms with van der Waals surface area (Å²) in [6, 6.07) is 4.22. The van der Waals surface area contributed by atoms with Crippen LogP contribution in [0.1, 0.15) is 13.0 Å². The minimum absolute atomic E-state index is 0.311. The van der Waals surface area contributed by atoms with E-state index in [2.05, 4.69) is 40.5 Å². The van der Waals surface area contributed by atoms with Gasteiger partial charge < -0.3 is 9.88 Å². The van der Waals surface area contributed by atoms with Crippen LogP contribution in [0.25, 0.3) is 11.2 Å². The largest absolute Gasteiger partial charge is 0.329 e. The molecule has 0 aromatic carbocycles. The maximum absolute atomic E-state index is 5.33. The number of nitrogens with one attached hydrogen (secondary N) is 1. The van der Waals surface area contributed by atoms with Crippen molar-refractivity contribution in [3.8, 4) is 0 Å². The second-order valence-corrected chi connectivity index (χ2v) is 4.67. The van der Waals surface area contributed by atoms with Crippen molar-refractivity contribution in [2.24, 2.45) is 0 Å². The molecule has 2 aromatic rings. The number of imidazole rings is 1. The van der Waals surface area contributed by atoms with Crippen molar-refractivity contribution in [1.29, 1.82) is 0 Å². The number of hydrogen-bond acceptors (Lipinski definition) is 3. The Labute approximate surface area is 99.9 Å². The molecule has 16 heavy (non-hydrogen) atoms. The SMILES string of the molecule is CC(CN(C)C)n1c(=S)[nH]c2cccnc21. The molecular weight excluding hydrogens is 220 g/mol. The average molecular weight is 236 g/mol. The molecule has 0 saturated carbocycles. The van der Waals surface area contributed by atoms with E-state index in [9.17, 15) is 0 Å². The van der Waals surface area contributed by atoms with Gasteiger partial charge in [0.25, 0.3) is 0 Å². The molecule has 0 radical (unpaired) electrons. The molecule has 4 nitrogen and oxygen atoms in total. The van der Waals surface area contributed by atoms with E-state index in [1.54, 1.807) is 6.20 Å². The molecule has 2 heterocycles. The zero-order valence-electron chi connectivity index (χ0n) is 9.77. The third kappa shape index (κ3) is 2.01. The Morgan fingerprint density at radius 2 is 2.31 bits per heavy atom. The predicted molar refractivity (Wildman–Crippen MR) is 68.2 cm³/mol. The molecule has 1 atom stereocenters. The van der Waals surface area contributed by atoms with Gasteiger partial charge in [0.05, 0.1) is 5.52 Å². The molecule has 1 unspecified atom stereocenters. The van der Waals surface area contributed by atoms with Crippen molar-refractivity contribution in [1.82, 2.24) is 19.4 Å². The summed E-state index contributed by atoms with van der Waals surface area (Å²) in [5, 5.41) is 0. The summed E-state index contributed by atoms with van der Waals surface area (Å²) in [7, 11) is 4.12. The summed E-state index contributed by atoms with van der Waals surface area (Å²) in [5.41, 5.74) is 1.93. The first kappa shape index (κ1) is 11.3. The number of H-pyrrole nitrogens is 1. The van der Waals surface area contributed by atoms with Crippen LogP contribution in [0.3, 0.4) is 0 Å². The first-order valence-corrected chi connectivity index (χ1v) is 5.70. The number of likely N-dealkylation sites (N-methyl/N-ethyl adjacent to an activating group) is 1. The van der Waals surface area contributed by atoms with Gasteiger partial charge in [-0.3, -0.25) is 4.57 Å². The number of aromatic nitrogens is 3. The average Bonchev–Trinajstić information content (AvgIpc) is 2.52.